The summed E-state index contributed by atoms with van der Waals surface area (Å²) < 4.78 is 18.3. The van der Waals surface area contributed by atoms with Crippen molar-refractivity contribution in [3.05, 3.63) is 16.8 Å². The summed E-state index contributed by atoms with van der Waals surface area (Å²) in [5.41, 5.74) is 0.0539. The topological polar surface area (TPSA) is 9.23 Å². The Hall–Kier alpha value is -0.570. The maximum Gasteiger partial charge on any atom is 0.210 e. The molecule has 0 aromatic carbocycles. The summed E-state index contributed by atoms with van der Waals surface area (Å²) in [5, 5.41) is 0.398. The molecule has 0 radical (unpaired) electrons. The van der Waals surface area contributed by atoms with E-state index in [2.05, 4.69) is 20.8 Å². The van der Waals surface area contributed by atoms with Gasteiger partial charge in [-0.05, 0) is 17.9 Å². The molecule has 1 rings (SSSR count). The molecule has 1 aromatic rings. The first-order chi connectivity index (χ1) is 7.01. The molecule has 0 aliphatic rings. The molecule has 0 amide bonds. The van der Waals surface area contributed by atoms with Crippen LogP contribution >= 0.6 is 11.3 Å². The lowest BCUT2D eigenvalue weighted by Gasteiger charge is -2.22. The van der Waals surface area contributed by atoms with Crippen LogP contribution in [0, 0.1) is 5.82 Å². The molecule has 0 spiro atoms. The molecule has 0 unspecified atom stereocenters. The third kappa shape index (κ3) is 2.94. The van der Waals surface area contributed by atoms with Crippen LogP contribution in [0.2, 0.25) is 0 Å². The Bertz CT molecular complexity index is 317. The van der Waals surface area contributed by atoms with Crippen LogP contribution < -0.4 is 4.74 Å². The van der Waals surface area contributed by atoms with Gasteiger partial charge in [-0.15, -0.1) is 11.3 Å². The Labute approximate surface area is 95.3 Å². The van der Waals surface area contributed by atoms with E-state index in [1.54, 1.807) is 6.07 Å². The van der Waals surface area contributed by atoms with E-state index in [0.29, 0.717) is 5.06 Å². The minimum absolute atomic E-state index is 0.0539. The Kier molecular flexibility index (Phi) is 4.14. The second-order valence-corrected chi connectivity index (χ2v) is 5.45. The molecule has 0 N–H and O–H groups in total. The molecule has 0 atom stereocenters. The fraction of sp³-hybridized carbons (Fsp3) is 0.667. The van der Waals surface area contributed by atoms with Crippen molar-refractivity contribution in [1.82, 2.24) is 0 Å². The van der Waals surface area contributed by atoms with Crippen molar-refractivity contribution in [3.8, 4) is 5.06 Å². The van der Waals surface area contributed by atoms with E-state index < -0.39 is 0 Å². The molecule has 0 aliphatic heterocycles. The van der Waals surface area contributed by atoms with Crippen molar-refractivity contribution in [1.29, 1.82) is 0 Å². The number of thiophene rings is 1. The minimum atomic E-state index is -0.234. The normalized spacial score (nSPS) is 11.8. The van der Waals surface area contributed by atoms with Gasteiger partial charge in [0, 0.05) is 4.88 Å². The molecule has 0 fully saturated rings. The molecule has 0 aliphatic carbocycles. The van der Waals surface area contributed by atoms with Gasteiger partial charge in [0.2, 0.25) is 5.06 Å². The highest BCUT2D eigenvalue weighted by Gasteiger charge is 2.24. The molecule has 1 heterocycles. The fourth-order valence-electron chi connectivity index (χ4n) is 1.57. The second-order valence-electron chi connectivity index (χ2n) is 4.44. The number of unbranched alkanes of at least 4 members (excludes halogenated alkanes) is 1. The summed E-state index contributed by atoms with van der Waals surface area (Å²) >= 11 is 1.42. The smallest absolute Gasteiger partial charge is 0.210 e. The van der Waals surface area contributed by atoms with Gasteiger partial charge in [-0.25, -0.2) is 4.39 Å². The molecule has 86 valence electrons. The van der Waals surface area contributed by atoms with Crippen molar-refractivity contribution in [3.63, 3.8) is 0 Å². The van der Waals surface area contributed by atoms with Gasteiger partial charge in [-0.3, -0.25) is 0 Å². The fourth-order valence-corrected chi connectivity index (χ4v) is 2.55. The predicted octanol–water partition coefficient (Wildman–Crippen LogP) is 4.36. The maximum absolute atomic E-state index is 13.3. The van der Waals surface area contributed by atoms with Crippen LogP contribution in [-0.4, -0.2) is 7.11 Å². The van der Waals surface area contributed by atoms with Crippen LogP contribution in [0.4, 0.5) is 4.39 Å². The van der Waals surface area contributed by atoms with E-state index in [4.69, 9.17) is 4.74 Å². The number of hydrogen-bond donors (Lipinski definition) is 0. The van der Waals surface area contributed by atoms with E-state index in [1.807, 2.05) is 0 Å². The monoisotopic (exact) mass is 230 g/mol. The van der Waals surface area contributed by atoms with Gasteiger partial charge in [0.25, 0.3) is 0 Å². The lowest BCUT2D eigenvalue weighted by Crippen LogP contribution is -2.14. The minimum Gasteiger partial charge on any atom is -0.485 e. The summed E-state index contributed by atoms with van der Waals surface area (Å²) in [4.78, 5) is 1.07. The Balaban J connectivity index is 2.84. The Morgan fingerprint density at radius 2 is 2.13 bits per heavy atom. The van der Waals surface area contributed by atoms with Crippen molar-refractivity contribution in [2.24, 2.45) is 0 Å². The summed E-state index contributed by atoms with van der Waals surface area (Å²) in [6.45, 7) is 6.49. The lowest BCUT2D eigenvalue weighted by molar-refractivity contribution is 0.400. The molecular weight excluding hydrogens is 211 g/mol. The quantitative estimate of drug-likeness (QED) is 0.730. The first kappa shape index (κ1) is 12.5. The van der Waals surface area contributed by atoms with Gasteiger partial charge in [-0.1, -0.05) is 33.6 Å². The summed E-state index contributed by atoms with van der Waals surface area (Å²) in [6.07, 6.45) is 3.44. The molecular formula is C12H19FOS. The van der Waals surface area contributed by atoms with Gasteiger partial charge < -0.3 is 4.74 Å². The molecule has 1 nitrogen and oxygen atoms in total. The third-order valence-corrected chi connectivity index (χ3v) is 4.10. The number of halogens is 1. The van der Waals surface area contributed by atoms with E-state index in [9.17, 15) is 4.39 Å². The van der Waals surface area contributed by atoms with Crippen LogP contribution in [0.15, 0.2) is 6.07 Å². The standard InChI is InChI=1S/C12H19FOS/c1-5-6-7-12(2,3)10-8-9(13)11(14-4)15-10/h8H,5-7H2,1-4H3. The highest BCUT2D eigenvalue weighted by molar-refractivity contribution is 7.14. The van der Waals surface area contributed by atoms with Gasteiger partial charge in [0.1, 0.15) is 0 Å². The zero-order chi connectivity index (χ0) is 11.5. The average molecular weight is 230 g/mol. The molecule has 0 bridgehead atoms. The molecule has 15 heavy (non-hydrogen) atoms. The number of methoxy groups -OCH3 is 1. The van der Waals surface area contributed by atoms with Gasteiger partial charge in [0.15, 0.2) is 5.82 Å². The Morgan fingerprint density at radius 3 is 2.60 bits per heavy atom. The Morgan fingerprint density at radius 1 is 1.47 bits per heavy atom. The zero-order valence-corrected chi connectivity index (χ0v) is 10.7. The van der Waals surface area contributed by atoms with Crippen molar-refractivity contribution in [2.45, 2.75) is 45.4 Å². The molecule has 1 aromatic heterocycles. The molecule has 0 saturated heterocycles. The largest absolute Gasteiger partial charge is 0.485 e. The number of ether oxygens (including phenoxy) is 1. The first-order valence-corrected chi connectivity index (χ1v) is 6.16. The van der Waals surface area contributed by atoms with Gasteiger partial charge >= 0.3 is 0 Å². The SMILES string of the molecule is CCCCC(C)(C)c1cc(F)c(OC)s1. The van der Waals surface area contributed by atoms with Crippen LogP contribution in [-0.2, 0) is 5.41 Å². The van der Waals surface area contributed by atoms with Gasteiger partial charge in [0.05, 0.1) is 7.11 Å². The van der Waals surface area contributed by atoms with E-state index in [-0.39, 0.29) is 11.2 Å². The van der Waals surface area contributed by atoms with Crippen molar-refractivity contribution < 1.29 is 9.13 Å². The third-order valence-electron chi connectivity index (χ3n) is 2.66. The number of rotatable bonds is 5. The highest BCUT2D eigenvalue weighted by Crippen LogP contribution is 2.39. The zero-order valence-electron chi connectivity index (χ0n) is 9.89. The van der Waals surface area contributed by atoms with Gasteiger partial charge in [-0.2, -0.15) is 0 Å². The maximum atomic E-state index is 13.3. The highest BCUT2D eigenvalue weighted by atomic mass is 32.1. The predicted molar refractivity (Wildman–Crippen MR) is 63.4 cm³/mol. The van der Waals surface area contributed by atoms with Crippen molar-refractivity contribution >= 4 is 11.3 Å². The molecule has 3 heteroatoms. The van der Waals surface area contributed by atoms with E-state index in [0.717, 1.165) is 11.3 Å². The molecule has 0 saturated carbocycles. The average Bonchev–Trinajstić information content (AvgIpc) is 2.57. The van der Waals surface area contributed by atoms with Crippen molar-refractivity contribution in [2.75, 3.05) is 7.11 Å². The van der Waals surface area contributed by atoms with Crippen LogP contribution in [0.1, 0.15) is 44.9 Å². The van der Waals surface area contributed by atoms with Crippen LogP contribution in [0.3, 0.4) is 0 Å². The lowest BCUT2D eigenvalue weighted by atomic mass is 9.86. The first-order valence-electron chi connectivity index (χ1n) is 5.35. The summed E-state index contributed by atoms with van der Waals surface area (Å²) in [7, 11) is 1.51. The van der Waals surface area contributed by atoms with E-state index in [1.165, 1.54) is 31.3 Å². The van der Waals surface area contributed by atoms with Crippen LogP contribution in [0.25, 0.3) is 0 Å². The van der Waals surface area contributed by atoms with E-state index >= 15 is 0 Å². The summed E-state index contributed by atoms with van der Waals surface area (Å²) in [6, 6.07) is 1.61. The number of hydrogen-bond acceptors (Lipinski definition) is 2. The summed E-state index contributed by atoms with van der Waals surface area (Å²) in [5.74, 6) is -0.234. The van der Waals surface area contributed by atoms with Crippen LogP contribution in [0.5, 0.6) is 5.06 Å². The second kappa shape index (κ2) is 4.97.